The Hall–Kier alpha value is -1.66. The summed E-state index contributed by atoms with van der Waals surface area (Å²) in [5.74, 6) is -1.14. The van der Waals surface area contributed by atoms with Gasteiger partial charge in [0.15, 0.2) is 0 Å². The minimum absolute atomic E-state index is 0.0243. The Labute approximate surface area is 167 Å². The van der Waals surface area contributed by atoms with Gasteiger partial charge >= 0.3 is 5.97 Å². The van der Waals surface area contributed by atoms with Crippen molar-refractivity contribution in [2.75, 3.05) is 13.2 Å². The topological polar surface area (TPSA) is 55.8 Å². The van der Waals surface area contributed by atoms with Crippen LogP contribution in [-0.4, -0.2) is 41.6 Å². The first kappa shape index (κ1) is 18.7. The fraction of sp³-hybridized carbons (Fsp3) is 0.524. The van der Waals surface area contributed by atoms with Crippen molar-refractivity contribution < 1.29 is 19.1 Å². The van der Waals surface area contributed by atoms with Gasteiger partial charge in [0, 0.05) is 4.47 Å². The van der Waals surface area contributed by atoms with E-state index in [2.05, 4.69) is 15.9 Å². The highest BCUT2D eigenvalue weighted by atomic mass is 79.9. The molecule has 2 saturated heterocycles. The van der Waals surface area contributed by atoms with Crippen LogP contribution in [0, 0.1) is 17.8 Å². The highest BCUT2D eigenvalue weighted by Gasteiger charge is 2.67. The molecule has 0 radical (unpaired) electrons. The second kappa shape index (κ2) is 6.74. The van der Waals surface area contributed by atoms with Crippen molar-refractivity contribution in [3.8, 4) is 0 Å². The summed E-state index contributed by atoms with van der Waals surface area (Å²) in [5, 5.41) is 0. The molecule has 2 bridgehead atoms. The van der Waals surface area contributed by atoms with E-state index in [0.717, 1.165) is 10.0 Å². The quantitative estimate of drug-likeness (QED) is 0.526. The normalized spacial score (nSPS) is 32.3. The number of amides is 1. The third-order valence-electron chi connectivity index (χ3n) is 5.78. The molecule has 5 nitrogen and oxygen atoms in total. The molecule has 1 amide bonds. The van der Waals surface area contributed by atoms with Crippen molar-refractivity contribution in [3.63, 3.8) is 0 Å². The number of ether oxygens (including phenoxy) is 2. The van der Waals surface area contributed by atoms with Crippen LogP contribution in [0.1, 0.15) is 32.4 Å². The summed E-state index contributed by atoms with van der Waals surface area (Å²) in [6, 6.07) is 7.88. The van der Waals surface area contributed by atoms with Gasteiger partial charge in [-0.3, -0.25) is 9.59 Å². The van der Waals surface area contributed by atoms with Gasteiger partial charge in [0.05, 0.1) is 31.2 Å². The maximum absolute atomic E-state index is 13.3. The molecule has 0 aliphatic carbocycles. The molecule has 144 valence electrons. The number of benzene rings is 1. The predicted octanol–water partition coefficient (Wildman–Crippen LogP) is 3.49. The molecule has 27 heavy (non-hydrogen) atoms. The Kier molecular flexibility index (Phi) is 4.67. The van der Waals surface area contributed by atoms with Crippen molar-refractivity contribution in [2.24, 2.45) is 17.8 Å². The average Bonchev–Trinajstić information content (AvgIpc) is 3.28. The molecule has 3 aliphatic heterocycles. The molecule has 2 fully saturated rings. The fourth-order valence-corrected chi connectivity index (χ4v) is 4.66. The first-order valence-electron chi connectivity index (χ1n) is 9.42. The maximum Gasteiger partial charge on any atom is 0.312 e. The lowest BCUT2D eigenvalue weighted by atomic mass is 9.77. The molecule has 3 aliphatic rings. The van der Waals surface area contributed by atoms with Crippen LogP contribution < -0.4 is 0 Å². The third-order valence-corrected chi connectivity index (χ3v) is 6.31. The number of likely N-dealkylation sites (tertiary alicyclic amines) is 1. The minimum Gasteiger partial charge on any atom is -0.465 e. The lowest BCUT2D eigenvalue weighted by molar-refractivity contribution is -0.155. The van der Waals surface area contributed by atoms with Gasteiger partial charge in [0.25, 0.3) is 0 Å². The number of carbonyl (C=O) groups is 2. The molecular formula is C21H24BrNO4. The molecule has 5 atom stereocenters. The van der Waals surface area contributed by atoms with Crippen molar-refractivity contribution in [1.29, 1.82) is 0 Å². The van der Waals surface area contributed by atoms with E-state index in [4.69, 9.17) is 9.47 Å². The van der Waals surface area contributed by atoms with Crippen LogP contribution >= 0.6 is 15.9 Å². The van der Waals surface area contributed by atoms with Gasteiger partial charge in [-0.2, -0.15) is 0 Å². The maximum atomic E-state index is 13.3. The standard InChI is InChI=1S/C21H24BrNO4/c1-12(2)10-26-20(25)17-16-8-9-21(27-16)11-23(19(24)18(17)21)13(3)14-4-6-15(22)7-5-14/h4-9,12-13,16-18H,10-11H2,1-3H3/t13-,16-,17+,18-,21+/m0/s1. The van der Waals surface area contributed by atoms with Gasteiger partial charge in [-0.15, -0.1) is 0 Å². The Morgan fingerprint density at radius 1 is 1.33 bits per heavy atom. The largest absolute Gasteiger partial charge is 0.465 e. The van der Waals surface area contributed by atoms with Crippen LogP contribution in [0.4, 0.5) is 0 Å². The highest BCUT2D eigenvalue weighted by Crippen LogP contribution is 2.53. The summed E-state index contributed by atoms with van der Waals surface area (Å²) in [6.45, 7) is 6.83. The van der Waals surface area contributed by atoms with E-state index in [9.17, 15) is 9.59 Å². The fourth-order valence-electron chi connectivity index (χ4n) is 4.39. The molecule has 1 aromatic carbocycles. The van der Waals surface area contributed by atoms with Crippen LogP contribution in [0.15, 0.2) is 40.9 Å². The van der Waals surface area contributed by atoms with Crippen LogP contribution in [-0.2, 0) is 19.1 Å². The van der Waals surface area contributed by atoms with E-state index in [-0.39, 0.29) is 29.9 Å². The minimum atomic E-state index is -0.701. The molecular weight excluding hydrogens is 410 g/mol. The molecule has 6 heteroatoms. The molecule has 0 saturated carbocycles. The Balaban J connectivity index is 1.57. The molecule has 3 heterocycles. The van der Waals surface area contributed by atoms with Crippen LogP contribution in [0.5, 0.6) is 0 Å². The summed E-state index contributed by atoms with van der Waals surface area (Å²) < 4.78 is 12.6. The predicted molar refractivity (Wildman–Crippen MR) is 104 cm³/mol. The van der Waals surface area contributed by atoms with Crippen molar-refractivity contribution in [2.45, 2.75) is 38.5 Å². The van der Waals surface area contributed by atoms with Crippen LogP contribution in [0.3, 0.4) is 0 Å². The van der Waals surface area contributed by atoms with Crippen LogP contribution in [0.25, 0.3) is 0 Å². The third kappa shape index (κ3) is 3.03. The molecule has 0 N–H and O–H groups in total. The van der Waals surface area contributed by atoms with Gasteiger partial charge in [-0.1, -0.05) is 54.1 Å². The summed E-state index contributed by atoms with van der Waals surface area (Å²) in [7, 11) is 0. The van der Waals surface area contributed by atoms with Crippen LogP contribution in [0.2, 0.25) is 0 Å². The molecule has 0 unspecified atom stereocenters. The molecule has 4 rings (SSSR count). The highest BCUT2D eigenvalue weighted by molar-refractivity contribution is 9.10. The van der Waals surface area contributed by atoms with Crippen molar-refractivity contribution in [3.05, 3.63) is 46.5 Å². The zero-order chi connectivity index (χ0) is 19.3. The zero-order valence-corrected chi connectivity index (χ0v) is 17.3. The number of esters is 1. The van der Waals surface area contributed by atoms with E-state index in [1.807, 2.05) is 62.1 Å². The second-order valence-corrected chi connectivity index (χ2v) is 9.03. The summed E-state index contributed by atoms with van der Waals surface area (Å²) in [6.07, 6.45) is 3.53. The first-order chi connectivity index (χ1) is 12.8. The Bertz CT molecular complexity index is 790. The van der Waals surface area contributed by atoms with E-state index in [1.54, 1.807) is 0 Å². The number of fused-ring (bicyclic) bond motifs is 1. The first-order valence-corrected chi connectivity index (χ1v) is 10.2. The number of rotatable bonds is 5. The average molecular weight is 434 g/mol. The van der Waals surface area contributed by atoms with E-state index in [1.165, 1.54) is 0 Å². The van der Waals surface area contributed by atoms with Crippen molar-refractivity contribution >= 4 is 27.8 Å². The van der Waals surface area contributed by atoms with Gasteiger partial charge in [0.1, 0.15) is 11.5 Å². The number of halogens is 1. The SMILES string of the molecule is CC(C)COC(=O)[C@@H]1[C@@H]2C=C[C@]3(CN([C@@H](C)c4ccc(Br)cc4)C(=O)[C@H]13)O2. The number of carbonyl (C=O) groups excluding carboxylic acids is 2. The van der Waals surface area contributed by atoms with E-state index in [0.29, 0.717) is 13.2 Å². The summed E-state index contributed by atoms with van der Waals surface area (Å²) in [5.41, 5.74) is 0.354. The monoisotopic (exact) mass is 433 g/mol. The molecule has 0 aromatic heterocycles. The number of hydrogen-bond donors (Lipinski definition) is 0. The lowest BCUT2D eigenvalue weighted by Crippen LogP contribution is -2.40. The number of hydrogen-bond acceptors (Lipinski definition) is 4. The smallest absolute Gasteiger partial charge is 0.312 e. The Morgan fingerprint density at radius 2 is 2.04 bits per heavy atom. The second-order valence-electron chi connectivity index (χ2n) is 8.12. The van der Waals surface area contributed by atoms with Gasteiger partial charge in [-0.25, -0.2) is 0 Å². The van der Waals surface area contributed by atoms with E-state index >= 15 is 0 Å². The number of nitrogens with zero attached hydrogens (tertiary/aromatic N) is 1. The molecule has 1 spiro atoms. The Morgan fingerprint density at radius 3 is 2.70 bits per heavy atom. The molecule has 1 aromatic rings. The van der Waals surface area contributed by atoms with Gasteiger partial charge in [0.2, 0.25) is 5.91 Å². The lowest BCUT2D eigenvalue weighted by Gasteiger charge is -2.27. The van der Waals surface area contributed by atoms with Gasteiger partial charge < -0.3 is 14.4 Å². The van der Waals surface area contributed by atoms with Gasteiger partial charge in [-0.05, 0) is 30.5 Å². The zero-order valence-electron chi connectivity index (χ0n) is 15.7. The van der Waals surface area contributed by atoms with Crippen molar-refractivity contribution in [1.82, 2.24) is 4.90 Å². The van der Waals surface area contributed by atoms with E-state index < -0.39 is 17.4 Å². The summed E-state index contributed by atoms with van der Waals surface area (Å²) in [4.78, 5) is 27.8. The summed E-state index contributed by atoms with van der Waals surface area (Å²) >= 11 is 3.44.